The maximum Gasteiger partial charge on any atom is 0.326 e. The molecule has 1 heterocycles. The second kappa shape index (κ2) is 8.35. The number of carboxylic acids is 1. The van der Waals surface area contributed by atoms with Crippen LogP contribution in [0.1, 0.15) is 36.7 Å². The van der Waals surface area contributed by atoms with Crippen molar-refractivity contribution in [3.63, 3.8) is 0 Å². The quantitative estimate of drug-likeness (QED) is 0.675. The molecule has 1 aromatic heterocycles. The van der Waals surface area contributed by atoms with Gasteiger partial charge in [0.1, 0.15) is 17.6 Å². The third kappa shape index (κ3) is 3.96. The minimum Gasteiger partial charge on any atom is -0.494 e. The molecule has 2 aromatic carbocycles. The Morgan fingerprint density at radius 1 is 1.21 bits per heavy atom. The smallest absolute Gasteiger partial charge is 0.326 e. The summed E-state index contributed by atoms with van der Waals surface area (Å²) in [5.41, 5.74) is 0.886. The SMILES string of the molecule is CCOc1ccc2c(c1)sc(=NC(=O)c1ccc(F)cc1)n2C(CC)C(=O)O. The minimum absolute atomic E-state index is 0.226. The number of benzene rings is 2. The number of carbonyl (C=O) groups excluding carboxylic acids is 1. The molecule has 3 rings (SSSR count). The Hall–Kier alpha value is -3.00. The third-order valence-corrected chi connectivity index (χ3v) is 5.20. The van der Waals surface area contributed by atoms with Gasteiger partial charge in [-0.05, 0) is 55.8 Å². The first-order chi connectivity index (χ1) is 13.4. The van der Waals surface area contributed by atoms with Gasteiger partial charge in [0.05, 0.1) is 16.8 Å². The number of thiazole rings is 1. The zero-order valence-electron chi connectivity index (χ0n) is 15.4. The van der Waals surface area contributed by atoms with E-state index < -0.39 is 23.7 Å². The van der Waals surface area contributed by atoms with E-state index in [0.29, 0.717) is 24.3 Å². The van der Waals surface area contributed by atoms with Crippen molar-refractivity contribution < 1.29 is 23.8 Å². The van der Waals surface area contributed by atoms with Crippen molar-refractivity contribution in [2.45, 2.75) is 26.3 Å². The van der Waals surface area contributed by atoms with Crippen molar-refractivity contribution in [2.75, 3.05) is 6.61 Å². The summed E-state index contributed by atoms with van der Waals surface area (Å²) < 4.78 is 20.9. The summed E-state index contributed by atoms with van der Waals surface area (Å²) in [7, 11) is 0. The molecule has 0 spiro atoms. The molecule has 0 aliphatic heterocycles. The molecule has 0 aliphatic carbocycles. The Morgan fingerprint density at radius 2 is 1.93 bits per heavy atom. The van der Waals surface area contributed by atoms with Gasteiger partial charge in [0, 0.05) is 5.56 Å². The number of carbonyl (C=O) groups is 2. The summed E-state index contributed by atoms with van der Waals surface area (Å²) in [6.07, 6.45) is 0.326. The summed E-state index contributed by atoms with van der Waals surface area (Å²) >= 11 is 1.21. The van der Waals surface area contributed by atoms with Crippen molar-refractivity contribution in [1.82, 2.24) is 4.57 Å². The lowest BCUT2D eigenvalue weighted by molar-refractivity contribution is -0.140. The molecular formula is C20H19FN2O4S. The minimum atomic E-state index is -1.01. The Labute approximate surface area is 164 Å². The van der Waals surface area contributed by atoms with Gasteiger partial charge in [-0.15, -0.1) is 0 Å². The fourth-order valence-corrected chi connectivity index (χ4v) is 3.97. The third-order valence-electron chi connectivity index (χ3n) is 4.18. The van der Waals surface area contributed by atoms with E-state index in [4.69, 9.17) is 4.74 Å². The topological polar surface area (TPSA) is 80.9 Å². The van der Waals surface area contributed by atoms with Crippen molar-refractivity contribution in [3.8, 4) is 5.75 Å². The molecule has 1 N–H and O–H groups in total. The highest BCUT2D eigenvalue weighted by atomic mass is 32.1. The van der Waals surface area contributed by atoms with Crippen LogP contribution in [0.25, 0.3) is 10.2 Å². The standard InChI is InChI=1S/C20H19FN2O4S/c1-3-15(19(25)26)23-16-10-9-14(27-4-2)11-17(16)28-20(23)22-18(24)12-5-7-13(21)8-6-12/h5-11,15H,3-4H2,1-2H3,(H,25,26). The fourth-order valence-electron chi connectivity index (χ4n) is 2.87. The van der Waals surface area contributed by atoms with Gasteiger partial charge in [0.25, 0.3) is 5.91 Å². The summed E-state index contributed by atoms with van der Waals surface area (Å²) in [6, 6.07) is 9.52. The molecular weight excluding hydrogens is 383 g/mol. The molecule has 1 atom stereocenters. The fraction of sp³-hybridized carbons (Fsp3) is 0.250. The van der Waals surface area contributed by atoms with Gasteiger partial charge in [0.15, 0.2) is 4.80 Å². The van der Waals surface area contributed by atoms with Crippen molar-refractivity contribution in [1.29, 1.82) is 0 Å². The molecule has 0 saturated carbocycles. The lowest BCUT2D eigenvalue weighted by atomic mass is 10.2. The lowest BCUT2D eigenvalue weighted by Crippen LogP contribution is -2.27. The molecule has 28 heavy (non-hydrogen) atoms. The highest BCUT2D eigenvalue weighted by Gasteiger charge is 2.22. The lowest BCUT2D eigenvalue weighted by Gasteiger charge is -2.13. The Kier molecular flexibility index (Phi) is 5.89. The number of aromatic nitrogens is 1. The molecule has 3 aromatic rings. The maximum absolute atomic E-state index is 13.1. The van der Waals surface area contributed by atoms with E-state index in [1.54, 1.807) is 29.7 Å². The highest BCUT2D eigenvalue weighted by Crippen LogP contribution is 2.27. The van der Waals surface area contributed by atoms with E-state index in [1.165, 1.54) is 35.6 Å². The molecule has 1 amide bonds. The van der Waals surface area contributed by atoms with Gasteiger partial charge >= 0.3 is 5.97 Å². The number of hydrogen-bond donors (Lipinski definition) is 1. The van der Waals surface area contributed by atoms with E-state index in [0.717, 1.165) is 4.70 Å². The first-order valence-electron chi connectivity index (χ1n) is 8.80. The normalized spacial score (nSPS) is 12.9. The predicted molar refractivity (Wildman–Crippen MR) is 104 cm³/mol. The number of ether oxygens (including phenoxy) is 1. The van der Waals surface area contributed by atoms with Crippen molar-refractivity contribution in [3.05, 3.63) is 58.6 Å². The van der Waals surface area contributed by atoms with Crippen molar-refractivity contribution >= 4 is 33.4 Å². The number of fused-ring (bicyclic) bond motifs is 1. The largest absolute Gasteiger partial charge is 0.494 e. The van der Waals surface area contributed by atoms with Gasteiger partial charge in [-0.1, -0.05) is 18.3 Å². The van der Waals surface area contributed by atoms with Crippen LogP contribution in [-0.2, 0) is 4.79 Å². The molecule has 1 unspecified atom stereocenters. The molecule has 0 saturated heterocycles. The average Bonchev–Trinajstić information content (AvgIpc) is 3.00. The first kappa shape index (κ1) is 19.8. The summed E-state index contributed by atoms with van der Waals surface area (Å²) in [4.78, 5) is 28.7. The molecule has 0 fully saturated rings. The zero-order chi connectivity index (χ0) is 20.3. The van der Waals surface area contributed by atoms with Crippen molar-refractivity contribution in [2.24, 2.45) is 4.99 Å². The van der Waals surface area contributed by atoms with Crippen LogP contribution in [0.2, 0.25) is 0 Å². The first-order valence-corrected chi connectivity index (χ1v) is 9.61. The van der Waals surface area contributed by atoms with E-state index in [-0.39, 0.29) is 10.4 Å². The van der Waals surface area contributed by atoms with Gasteiger partial charge < -0.3 is 14.4 Å². The number of amides is 1. The molecule has 146 valence electrons. The Morgan fingerprint density at radius 3 is 2.54 bits per heavy atom. The Balaban J connectivity index is 2.19. The van der Waals surface area contributed by atoms with E-state index in [9.17, 15) is 19.1 Å². The number of aliphatic carboxylic acids is 1. The van der Waals surface area contributed by atoms with Gasteiger partial charge in [-0.3, -0.25) is 4.79 Å². The van der Waals surface area contributed by atoms with Crippen LogP contribution < -0.4 is 9.54 Å². The van der Waals surface area contributed by atoms with Crippen LogP contribution in [0.3, 0.4) is 0 Å². The van der Waals surface area contributed by atoms with E-state index in [2.05, 4.69) is 4.99 Å². The van der Waals surface area contributed by atoms with E-state index >= 15 is 0 Å². The number of carboxylic acid groups (broad SMARTS) is 1. The summed E-state index contributed by atoms with van der Waals surface area (Å²) in [6.45, 7) is 4.14. The van der Waals surface area contributed by atoms with Gasteiger partial charge in [-0.25, -0.2) is 9.18 Å². The number of rotatable bonds is 6. The zero-order valence-corrected chi connectivity index (χ0v) is 16.2. The van der Waals surface area contributed by atoms with E-state index in [1.807, 2.05) is 6.92 Å². The average molecular weight is 402 g/mol. The Bertz CT molecular complexity index is 1090. The highest BCUT2D eigenvalue weighted by molar-refractivity contribution is 7.16. The van der Waals surface area contributed by atoms with Gasteiger partial charge in [-0.2, -0.15) is 4.99 Å². The van der Waals surface area contributed by atoms with Crippen LogP contribution in [0.15, 0.2) is 47.5 Å². The van der Waals surface area contributed by atoms with Crippen LogP contribution in [0.5, 0.6) is 5.75 Å². The van der Waals surface area contributed by atoms with Crippen LogP contribution >= 0.6 is 11.3 Å². The molecule has 8 heteroatoms. The number of nitrogens with zero attached hydrogens (tertiary/aromatic N) is 2. The summed E-state index contributed by atoms with van der Waals surface area (Å²) in [5, 5.41) is 9.64. The number of hydrogen-bond acceptors (Lipinski definition) is 4. The molecule has 0 radical (unpaired) electrons. The van der Waals surface area contributed by atoms with Crippen LogP contribution in [0.4, 0.5) is 4.39 Å². The summed E-state index contributed by atoms with van der Waals surface area (Å²) in [5.74, 6) is -1.37. The van der Waals surface area contributed by atoms with Crippen LogP contribution in [-0.4, -0.2) is 28.2 Å². The van der Waals surface area contributed by atoms with Crippen LogP contribution in [0, 0.1) is 5.82 Å². The van der Waals surface area contributed by atoms with Gasteiger partial charge in [0.2, 0.25) is 0 Å². The maximum atomic E-state index is 13.1. The second-order valence-electron chi connectivity index (χ2n) is 6.00. The molecule has 6 nitrogen and oxygen atoms in total. The predicted octanol–water partition coefficient (Wildman–Crippen LogP) is 4.02. The molecule has 0 bridgehead atoms. The monoisotopic (exact) mass is 402 g/mol. The molecule has 0 aliphatic rings. The second-order valence-corrected chi connectivity index (χ2v) is 7.01. The number of halogens is 1.